The number of aliphatic carboxylic acids is 1. The van der Waals surface area contributed by atoms with Crippen LogP contribution in [0.2, 0.25) is 0 Å². The van der Waals surface area contributed by atoms with Crippen molar-refractivity contribution in [3.05, 3.63) is 108 Å². The lowest BCUT2D eigenvalue weighted by Gasteiger charge is -2.35. The second kappa shape index (κ2) is 11.5. The van der Waals surface area contributed by atoms with E-state index in [0.29, 0.717) is 0 Å². The summed E-state index contributed by atoms with van der Waals surface area (Å²) in [6.45, 7) is 5.21. The van der Waals surface area contributed by atoms with E-state index in [1.165, 1.54) is 10.8 Å². The molecule has 3 aromatic rings. The minimum atomic E-state index is -1.11. The standard InChI is InChI=1S/C27H29NO4S2/c1-26(2,3)32-25(31)28-23(24(29)30)19-33-34-27(20-13-7-4-8-14-20,21-15-9-5-10-16-21)22-17-11-6-12-18-22/h4-18,23H,19H2,1-3H3,(H,28,31)(H,29,30)/t23-/m0/s1. The Morgan fingerprint density at radius 3 is 1.59 bits per heavy atom. The van der Waals surface area contributed by atoms with Crippen LogP contribution in [0.4, 0.5) is 4.79 Å². The first kappa shape index (κ1) is 25.7. The molecule has 0 radical (unpaired) electrons. The van der Waals surface area contributed by atoms with Crippen molar-refractivity contribution >= 4 is 33.7 Å². The molecule has 0 spiro atoms. The van der Waals surface area contributed by atoms with Crippen molar-refractivity contribution in [2.75, 3.05) is 5.75 Å². The Morgan fingerprint density at radius 2 is 1.24 bits per heavy atom. The number of amides is 1. The number of carboxylic acid groups (broad SMARTS) is 1. The summed E-state index contributed by atoms with van der Waals surface area (Å²) in [4.78, 5) is 24.1. The van der Waals surface area contributed by atoms with E-state index in [4.69, 9.17) is 4.74 Å². The monoisotopic (exact) mass is 495 g/mol. The molecule has 0 heterocycles. The maximum atomic E-state index is 12.2. The van der Waals surface area contributed by atoms with E-state index in [9.17, 15) is 14.7 Å². The van der Waals surface area contributed by atoms with Crippen LogP contribution in [0.1, 0.15) is 37.5 Å². The number of ether oxygens (including phenoxy) is 1. The Balaban J connectivity index is 1.92. The molecule has 0 fully saturated rings. The number of benzene rings is 3. The largest absolute Gasteiger partial charge is 0.480 e. The lowest BCUT2D eigenvalue weighted by atomic mass is 9.84. The number of nitrogens with one attached hydrogen (secondary N) is 1. The van der Waals surface area contributed by atoms with Crippen molar-refractivity contribution in [1.82, 2.24) is 5.32 Å². The lowest BCUT2D eigenvalue weighted by Crippen LogP contribution is -2.44. The third-order valence-electron chi connectivity index (χ3n) is 4.95. The number of alkyl carbamates (subject to hydrolysis) is 1. The van der Waals surface area contributed by atoms with Gasteiger partial charge in [-0.2, -0.15) is 0 Å². The van der Waals surface area contributed by atoms with Gasteiger partial charge in [0.25, 0.3) is 0 Å². The number of carbonyl (C=O) groups excluding carboxylic acids is 1. The van der Waals surface area contributed by atoms with Crippen molar-refractivity contribution in [2.45, 2.75) is 37.2 Å². The quantitative estimate of drug-likeness (QED) is 0.267. The topological polar surface area (TPSA) is 75.6 Å². The molecule has 3 rings (SSSR count). The van der Waals surface area contributed by atoms with E-state index in [1.807, 2.05) is 54.6 Å². The number of carboxylic acids is 1. The van der Waals surface area contributed by atoms with Gasteiger partial charge < -0.3 is 15.2 Å². The first-order chi connectivity index (χ1) is 16.2. The van der Waals surface area contributed by atoms with Gasteiger partial charge in [0.1, 0.15) is 16.4 Å². The maximum Gasteiger partial charge on any atom is 0.408 e. The summed E-state index contributed by atoms with van der Waals surface area (Å²) >= 11 is 0. The van der Waals surface area contributed by atoms with Crippen LogP contribution in [0, 0.1) is 0 Å². The van der Waals surface area contributed by atoms with Gasteiger partial charge in [0, 0.05) is 5.75 Å². The van der Waals surface area contributed by atoms with Gasteiger partial charge in [-0.15, -0.1) is 0 Å². The molecule has 0 unspecified atom stereocenters. The van der Waals surface area contributed by atoms with Gasteiger partial charge in [-0.05, 0) is 37.5 Å². The molecule has 0 saturated carbocycles. The first-order valence-electron chi connectivity index (χ1n) is 10.9. The molecule has 1 amide bonds. The predicted molar refractivity (Wildman–Crippen MR) is 140 cm³/mol. The number of carbonyl (C=O) groups is 2. The molecule has 2 N–H and O–H groups in total. The molecule has 1 atom stereocenters. The Hall–Kier alpha value is -2.90. The van der Waals surface area contributed by atoms with E-state index < -0.39 is 28.5 Å². The van der Waals surface area contributed by atoms with Crippen LogP contribution >= 0.6 is 21.6 Å². The molecule has 5 nitrogen and oxygen atoms in total. The summed E-state index contributed by atoms with van der Waals surface area (Å²) in [5.41, 5.74) is 2.53. The summed E-state index contributed by atoms with van der Waals surface area (Å²) in [6, 6.07) is 29.4. The highest BCUT2D eigenvalue weighted by molar-refractivity contribution is 8.77. The van der Waals surface area contributed by atoms with Gasteiger partial charge in [-0.25, -0.2) is 9.59 Å². The Bertz CT molecular complexity index is 973. The van der Waals surface area contributed by atoms with Gasteiger partial charge in [-0.3, -0.25) is 0 Å². The van der Waals surface area contributed by atoms with E-state index in [1.54, 1.807) is 31.6 Å². The summed E-state index contributed by atoms with van der Waals surface area (Å²) in [5, 5.41) is 12.2. The third kappa shape index (κ3) is 6.58. The number of rotatable bonds is 9. The molecule has 0 aliphatic carbocycles. The zero-order valence-electron chi connectivity index (χ0n) is 19.4. The van der Waals surface area contributed by atoms with Gasteiger partial charge in [0.05, 0.1) is 0 Å². The zero-order valence-corrected chi connectivity index (χ0v) is 21.1. The van der Waals surface area contributed by atoms with Crippen LogP contribution in [-0.2, 0) is 14.3 Å². The molecule has 0 aliphatic heterocycles. The fourth-order valence-electron chi connectivity index (χ4n) is 3.48. The second-order valence-corrected chi connectivity index (χ2v) is 11.2. The summed E-state index contributed by atoms with van der Waals surface area (Å²) < 4.78 is 4.66. The molecular formula is C27H29NO4S2. The summed E-state index contributed by atoms with van der Waals surface area (Å²) in [5.74, 6) is -0.947. The minimum Gasteiger partial charge on any atom is -0.480 e. The van der Waals surface area contributed by atoms with Crippen LogP contribution < -0.4 is 5.32 Å². The Morgan fingerprint density at radius 1 is 0.824 bits per heavy atom. The molecule has 0 aromatic heterocycles. The van der Waals surface area contributed by atoms with Gasteiger partial charge >= 0.3 is 12.1 Å². The predicted octanol–water partition coefficient (Wildman–Crippen LogP) is 6.34. The molecule has 7 heteroatoms. The number of hydrogen-bond donors (Lipinski definition) is 2. The molecule has 0 aliphatic rings. The van der Waals surface area contributed by atoms with Crippen molar-refractivity contribution < 1.29 is 19.4 Å². The molecule has 34 heavy (non-hydrogen) atoms. The van der Waals surface area contributed by atoms with Crippen molar-refractivity contribution in [1.29, 1.82) is 0 Å². The van der Waals surface area contributed by atoms with Crippen LogP contribution in [0.25, 0.3) is 0 Å². The highest BCUT2D eigenvalue weighted by atomic mass is 33.1. The van der Waals surface area contributed by atoms with Gasteiger partial charge in [0.2, 0.25) is 0 Å². The van der Waals surface area contributed by atoms with Crippen LogP contribution in [0.3, 0.4) is 0 Å². The molecule has 0 saturated heterocycles. The maximum absolute atomic E-state index is 12.2. The SMILES string of the molecule is CC(C)(C)OC(=O)N[C@@H](CSSC(c1ccccc1)(c1ccccc1)c1ccccc1)C(=O)O. The van der Waals surface area contributed by atoms with Crippen molar-refractivity contribution in [3.8, 4) is 0 Å². The van der Waals surface area contributed by atoms with Crippen molar-refractivity contribution in [3.63, 3.8) is 0 Å². The van der Waals surface area contributed by atoms with Crippen LogP contribution in [0.5, 0.6) is 0 Å². The second-order valence-electron chi connectivity index (χ2n) is 8.68. The van der Waals surface area contributed by atoms with Gasteiger partial charge in [0.15, 0.2) is 0 Å². The summed E-state index contributed by atoms with van der Waals surface area (Å²) in [6.07, 6.45) is -0.744. The molecular weight excluding hydrogens is 466 g/mol. The molecule has 0 bridgehead atoms. The molecule has 3 aromatic carbocycles. The highest BCUT2D eigenvalue weighted by Crippen LogP contribution is 2.53. The van der Waals surface area contributed by atoms with E-state index in [0.717, 1.165) is 16.7 Å². The Labute approximate surface area is 208 Å². The third-order valence-corrected chi connectivity index (χ3v) is 8.00. The average molecular weight is 496 g/mol. The minimum absolute atomic E-state index is 0.160. The van der Waals surface area contributed by atoms with Crippen LogP contribution in [-0.4, -0.2) is 34.6 Å². The van der Waals surface area contributed by atoms with E-state index in [2.05, 4.69) is 41.7 Å². The van der Waals surface area contributed by atoms with Crippen molar-refractivity contribution in [2.24, 2.45) is 0 Å². The highest BCUT2D eigenvalue weighted by Gasteiger charge is 2.38. The Kier molecular flexibility index (Phi) is 8.69. The van der Waals surface area contributed by atoms with Gasteiger partial charge in [-0.1, -0.05) is 113 Å². The zero-order chi connectivity index (χ0) is 24.6. The normalized spacial score (nSPS) is 12.6. The number of hydrogen-bond acceptors (Lipinski definition) is 5. The van der Waals surface area contributed by atoms with Crippen LogP contribution in [0.15, 0.2) is 91.0 Å². The molecule has 178 valence electrons. The first-order valence-corrected chi connectivity index (χ1v) is 13.2. The smallest absolute Gasteiger partial charge is 0.408 e. The average Bonchev–Trinajstić information content (AvgIpc) is 2.81. The van der Waals surface area contributed by atoms with E-state index >= 15 is 0 Å². The van der Waals surface area contributed by atoms with E-state index in [-0.39, 0.29) is 5.75 Å². The fourth-order valence-corrected chi connectivity index (χ4v) is 6.79. The lowest BCUT2D eigenvalue weighted by molar-refractivity contribution is -0.138. The summed E-state index contributed by atoms with van der Waals surface area (Å²) in [7, 11) is 2.98. The fraction of sp³-hybridized carbons (Fsp3) is 0.259.